The fraction of sp³-hybridized carbons (Fsp3) is 0.846. The quantitative estimate of drug-likeness (QED) is 0.847. The molecule has 0 aromatic carbocycles. The van der Waals surface area contributed by atoms with Crippen LogP contribution in [-0.4, -0.2) is 30.4 Å². The highest BCUT2D eigenvalue weighted by Gasteiger charge is 2.23. The molecule has 0 saturated carbocycles. The summed E-state index contributed by atoms with van der Waals surface area (Å²) in [4.78, 5) is 4.34. The van der Waals surface area contributed by atoms with E-state index in [0.29, 0.717) is 11.8 Å². The maximum Gasteiger partial charge on any atom is 0.263 e. The van der Waals surface area contributed by atoms with Crippen molar-refractivity contribution in [3.05, 3.63) is 5.89 Å². The van der Waals surface area contributed by atoms with Gasteiger partial charge in [-0.05, 0) is 17.0 Å². The third kappa shape index (κ3) is 4.64. The van der Waals surface area contributed by atoms with Crippen LogP contribution >= 0.6 is 0 Å². The molecule has 1 N–H and O–H groups in total. The predicted molar refractivity (Wildman–Crippen MR) is 71.8 cm³/mol. The highest BCUT2D eigenvalue weighted by atomic mass is 16.5. The van der Waals surface area contributed by atoms with Crippen molar-refractivity contribution >= 4 is 5.95 Å². The number of hydrogen-bond acceptors (Lipinski definition) is 5. The zero-order valence-corrected chi connectivity index (χ0v) is 12.3. The molecular weight excluding hydrogens is 230 g/mol. The number of aromatic nitrogens is 2. The summed E-state index contributed by atoms with van der Waals surface area (Å²) in [6.45, 7) is 12.1. The number of nitrogens with one attached hydrogen (secondary N) is 1. The van der Waals surface area contributed by atoms with Crippen LogP contribution in [-0.2, 0) is 10.2 Å². The number of rotatable bonds is 6. The first kappa shape index (κ1) is 15.0. The summed E-state index contributed by atoms with van der Waals surface area (Å²) in [6.07, 6.45) is 0.987. The van der Waals surface area contributed by atoms with Gasteiger partial charge in [-0.2, -0.15) is 4.98 Å². The van der Waals surface area contributed by atoms with Crippen LogP contribution in [0.5, 0.6) is 0 Å². The average molecular weight is 255 g/mol. The van der Waals surface area contributed by atoms with Crippen molar-refractivity contribution in [1.29, 1.82) is 0 Å². The molecule has 1 heterocycles. The topological polar surface area (TPSA) is 60.2 Å². The van der Waals surface area contributed by atoms with E-state index < -0.39 is 0 Å². The van der Waals surface area contributed by atoms with Crippen LogP contribution in [0.2, 0.25) is 0 Å². The number of ether oxygens (including phenoxy) is 1. The lowest BCUT2D eigenvalue weighted by Crippen LogP contribution is -2.25. The van der Waals surface area contributed by atoms with E-state index in [0.717, 1.165) is 19.6 Å². The molecule has 0 bridgehead atoms. The fourth-order valence-electron chi connectivity index (χ4n) is 1.38. The van der Waals surface area contributed by atoms with E-state index >= 15 is 0 Å². The number of methoxy groups -OCH3 is 1. The van der Waals surface area contributed by atoms with E-state index in [2.05, 4.69) is 29.3 Å². The normalized spacial score (nSPS) is 12.8. The van der Waals surface area contributed by atoms with E-state index in [1.54, 1.807) is 7.11 Å². The van der Waals surface area contributed by atoms with E-state index in [9.17, 15) is 0 Å². The molecule has 1 rings (SSSR count). The Bertz CT molecular complexity index is 367. The fourth-order valence-corrected chi connectivity index (χ4v) is 1.38. The van der Waals surface area contributed by atoms with Crippen molar-refractivity contribution in [2.45, 2.75) is 46.5 Å². The Kier molecular flexibility index (Phi) is 4.73. The summed E-state index contributed by atoms with van der Waals surface area (Å²) in [5.74, 6) is 1.21. The van der Waals surface area contributed by atoms with Crippen LogP contribution in [0.15, 0.2) is 4.52 Å². The van der Waals surface area contributed by atoms with Crippen LogP contribution in [0, 0.1) is 5.41 Å². The van der Waals surface area contributed by atoms with Crippen molar-refractivity contribution in [3.63, 3.8) is 0 Å². The molecule has 0 aliphatic rings. The van der Waals surface area contributed by atoms with Crippen LogP contribution in [0.25, 0.3) is 0 Å². The predicted octanol–water partition coefficient (Wildman–Crippen LogP) is 2.84. The maximum absolute atomic E-state index is 5.23. The first-order valence-electron chi connectivity index (χ1n) is 6.32. The highest BCUT2D eigenvalue weighted by molar-refractivity contribution is 5.23. The number of anilines is 1. The molecule has 1 aromatic heterocycles. The summed E-state index contributed by atoms with van der Waals surface area (Å²) in [7, 11) is 1.72. The van der Waals surface area contributed by atoms with Gasteiger partial charge >= 0.3 is 0 Å². The minimum absolute atomic E-state index is 0.113. The van der Waals surface area contributed by atoms with Crippen molar-refractivity contribution in [3.8, 4) is 0 Å². The second-order valence-corrected chi connectivity index (χ2v) is 6.43. The van der Waals surface area contributed by atoms with Gasteiger partial charge in [0.25, 0.3) is 5.95 Å². The molecule has 0 atom stereocenters. The summed E-state index contributed by atoms with van der Waals surface area (Å²) < 4.78 is 10.3. The smallest absolute Gasteiger partial charge is 0.263 e. The van der Waals surface area contributed by atoms with Crippen LogP contribution in [0.4, 0.5) is 5.95 Å². The summed E-state index contributed by atoms with van der Waals surface area (Å²) in [5, 5.41) is 7.15. The van der Waals surface area contributed by atoms with Crippen LogP contribution in [0.3, 0.4) is 0 Å². The van der Waals surface area contributed by atoms with Gasteiger partial charge in [-0.1, -0.05) is 34.6 Å². The summed E-state index contributed by atoms with van der Waals surface area (Å²) in [6, 6.07) is 0. The van der Waals surface area contributed by atoms with Crippen molar-refractivity contribution in [2.24, 2.45) is 5.41 Å². The largest absolute Gasteiger partial charge is 0.385 e. The van der Waals surface area contributed by atoms with Gasteiger partial charge in [0.05, 0.1) is 0 Å². The molecule has 0 saturated heterocycles. The van der Waals surface area contributed by atoms with E-state index in [1.807, 2.05) is 20.8 Å². The lowest BCUT2D eigenvalue weighted by molar-refractivity contribution is 0.157. The maximum atomic E-state index is 5.23. The standard InChI is InChI=1S/C13H25N3O2/c1-12(2,3)10-15-11(16-18-10)14-9-13(4,5)7-8-17-6/h7-9H2,1-6H3,(H,14,16). The molecule has 1 aromatic rings. The molecule has 5 heteroatoms. The second kappa shape index (κ2) is 5.69. The van der Waals surface area contributed by atoms with Gasteiger partial charge in [0.2, 0.25) is 5.89 Å². The van der Waals surface area contributed by atoms with Gasteiger partial charge in [0.15, 0.2) is 0 Å². The first-order valence-corrected chi connectivity index (χ1v) is 6.32. The van der Waals surface area contributed by atoms with Crippen LogP contribution < -0.4 is 5.32 Å². The van der Waals surface area contributed by atoms with Crippen LogP contribution in [0.1, 0.15) is 46.9 Å². The number of hydrogen-bond donors (Lipinski definition) is 1. The van der Waals surface area contributed by atoms with Gasteiger partial charge in [-0.3, -0.25) is 0 Å². The minimum atomic E-state index is -0.113. The van der Waals surface area contributed by atoms with Crippen molar-refractivity contribution in [1.82, 2.24) is 10.1 Å². The number of nitrogens with zero attached hydrogens (tertiary/aromatic N) is 2. The SMILES string of the molecule is COCCC(C)(C)CNc1noc(C(C)(C)C)n1. The Hall–Kier alpha value is -1.10. The molecule has 0 aliphatic heterocycles. The highest BCUT2D eigenvalue weighted by Crippen LogP contribution is 2.23. The lowest BCUT2D eigenvalue weighted by Gasteiger charge is -2.23. The Morgan fingerprint density at radius 1 is 1.22 bits per heavy atom. The van der Waals surface area contributed by atoms with Gasteiger partial charge < -0.3 is 14.6 Å². The van der Waals surface area contributed by atoms with Gasteiger partial charge in [0.1, 0.15) is 0 Å². The Morgan fingerprint density at radius 3 is 2.39 bits per heavy atom. The summed E-state index contributed by atoms with van der Waals surface area (Å²) >= 11 is 0. The molecule has 0 unspecified atom stereocenters. The molecule has 0 aliphatic carbocycles. The first-order chi connectivity index (χ1) is 8.24. The molecule has 104 valence electrons. The van der Waals surface area contributed by atoms with E-state index in [1.165, 1.54) is 0 Å². The monoisotopic (exact) mass is 255 g/mol. The van der Waals surface area contributed by atoms with Gasteiger partial charge in [-0.25, -0.2) is 0 Å². The van der Waals surface area contributed by atoms with Gasteiger partial charge in [-0.15, -0.1) is 0 Å². The molecule has 18 heavy (non-hydrogen) atoms. The third-order valence-electron chi connectivity index (χ3n) is 2.78. The average Bonchev–Trinajstić information content (AvgIpc) is 2.72. The van der Waals surface area contributed by atoms with E-state index in [4.69, 9.17) is 9.26 Å². The minimum Gasteiger partial charge on any atom is -0.385 e. The Balaban J connectivity index is 2.51. The van der Waals surface area contributed by atoms with Crippen molar-refractivity contribution in [2.75, 3.05) is 25.6 Å². The third-order valence-corrected chi connectivity index (χ3v) is 2.78. The molecule has 0 spiro atoms. The molecular formula is C13H25N3O2. The molecule has 0 fully saturated rings. The molecule has 5 nitrogen and oxygen atoms in total. The Morgan fingerprint density at radius 2 is 1.89 bits per heavy atom. The van der Waals surface area contributed by atoms with Gasteiger partial charge in [0, 0.05) is 25.7 Å². The summed E-state index contributed by atoms with van der Waals surface area (Å²) in [5.41, 5.74) is 0.0248. The second-order valence-electron chi connectivity index (χ2n) is 6.43. The lowest BCUT2D eigenvalue weighted by atomic mass is 9.90. The van der Waals surface area contributed by atoms with Crippen molar-refractivity contribution < 1.29 is 9.26 Å². The zero-order valence-electron chi connectivity index (χ0n) is 12.3. The zero-order chi connectivity index (χ0) is 13.8. The molecule has 0 amide bonds. The Labute approximate surface area is 109 Å². The van der Waals surface area contributed by atoms with E-state index in [-0.39, 0.29) is 10.8 Å². The molecule has 0 radical (unpaired) electrons.